The monoisotopic (exact) mass is 269 g/mol. The van der Waals surface area contributed by atoms with E-state index >= 15 is 0 Å². The van der Waals surface area contributed by atoms with Gasteiger partial charge in [-0.3, -0.25) is 4.98 Å². The minimum Gasteiger partial charge on any atom is -0.377 e. The van der Waals surface area contributed by atoms with Crippen LogP contribution in [0.15, 0.2) is 24.5 Å². The molecule has 0 aliphatic carbocycles. The summed E-state index contributed by atoms with van der Waals surface area (Å²) in [5.74, 6) is 1.32. The van der Waals surface area contributed by atoms with E-state index in [2.05, 4.69) is 26.3 Å². The second-order valence-corrected chi connectivity index (χ2v) is 4.09. The smallest absolute Gasteiger partial charge is 0.157 e. The second kappa shape index (κ2) is 6.59. The van der Waals surface area contributed by atoms with Gasteiger partial charge in [0.2, 0.25) is 0 Å². The van der Waals surface area contributed by atoms with Crippen LogP contribution in [0.4, 0.5) is 5.82 Å². The van der Waals surface area contributed by atoms with E-state index in [0.29, 0.717) is 23.7 Å². The number of rotatable bonds is 5. The van der Waals surface area contributed by atoms with Crippen molar-refractivity contribution in [1.82, 2.24) is 15.0 Å². The summed E-state index contributed by atoms with van der Waals surface area (Å²) in [7, 11) is 1.60. The summed E-state index contributed by atoms with van der Waals surface area (Å²) >= 11 is 0. The predicted molar refractivity (Wildman–Crippen MR) is 74.9 cm³/mol. The topological polar surface area (TPSA) is 83.7 Å². The quantitative estimate of drug-likeness (QED) is 0.893. The minimum absolute atomic E-state index is 0.331. The highest BCUT2D eigenvalue weighted by molar-refractivity contribution is 5.63. The van der Waals surface area contributed by atoms with Crippen molar-refractivity contribution in [1.29, 1.82) is 5.26 Å². The molecule has 20 heavy (non-hydrogen) atoms. The average molecular weight is 269 g/mol. The van der Waals surface area contributed by atoms with Crippen molar-refractivity contribution >= 4 is 5.82 Å². The Morgan fingerprint density at radius 2 is 2.15 bits per heavy atom. The summed E-state index contributed by atoms with van der Waals surface area (Å²) in [6.45, 7) is 3.09. The number of hydrogen-bond acceptors (Lipinski definition) is 6. The van der Waals surface area contributed by atoms with Gasteiger partial charge >= 0.3 is 0 Å². The molecule has 0 unspecified atom stereocenters. The highest BCUT2D eigenvalue weighted by Crippen LogP contribution is 2.20. The molecule has 2 heterocycles. The van der Waals surface area contributed by atoms with Gasteiger partial charge in [-0.05, 0) is 13.0 Å². The SMILES string of the molecule is CCNc1cc(-c2cncc(C#N)c2)nc(COC)n1. The van der Waals surface area contributed by atoms with Crippen molar-refractivity contribution in [3.63, 3.8) is 0 Å². The van der Waals surface area contributed by atoms with Crippen LogP contribution in [-0.2, 0) is 11.3 Å². The molecule has 0 atom stereocenters. The number of nitrogens with zero attached hydrogens (tertiary/aromatic N) is 4. The third-order valence-corrected chi connectivity index (χ3v) is 2.57. The Morgan fingerprint density at radius 3 is 2.85 bits per heavy atom. The average Bonchev–Trinajstić information content (AvgIpc) is 2.48. The van der Waals surface area contributed by atoms with Crippen molar-refractivity contribution in [2.75, 3.05) is 19.0 Å². The lowest BCUT2D eigenvalue weighted by atomic mass is 10.1. The molecule has 1 N–H and O–H groups in total. The van der Waals surface area contributed by atoms with Crippen molar-refractivity contribution < 1.29 is 4.74 Å². The molecule has 0 amide bonds. The van der Waals surface area contributed by atoms with Crippen LogP contribution in [0.1, 0.15) is 18.3 Å². The molecule has 2 rings (SSSR count). The first-order valence-corrected chi connectivity index (χ1v) is 6.23. The van der Waals surface area contributed by atoms with Crippen LogP contribution in [0.25, 0.3) is 11.3 Å². The van der Waals surface area contributed by atoms with E-state index in [1.807, 2.05) is 13.0 Å². The van der Waals surface area contributed by atoms with Gasteiger partial charge in [-0.15, -0.1) is 0 Å². The summed E-state index contributed by atoms with van der Waals surface area (Å²) in [6.07, 6.45) is 3.20. The number of methoxy groups -OCH3 is 1. The largest absolute Gasteiger partial charge is 0.377 e. The first-order valence-electron chi connectivity index (χ1n) is 6.23. The van der Waals surface area contributed by atoms with Crippen LogP contribution < -0.4 is 5.32 Å². The Kier molecular flexibility index (Phi) is 4.58. The number of nitrogens with one attached hydrogen (secondary N) is 1. The molecule has 0 spiro atoms. The van der Waals surface area contributed by atoms with Crippen LogP contribution >= 0.6 is 0 Å². The number of pyridine rings is 1. The van der Waals surface area contributed by atoms with Gasteiger partial charge < -0.3 is 10.1 Å². The van der Waals surface area contributed by atoms with Crippen molar-refractivity contribution in [3.8, 4) is 17.3 Å². The number of anilines is 1. The van der Waals surface area contributed by atoms with Crippen LogP contribution in [0.3, 0.4) is 0 Å². The molecule has 6 nitrogen and oxygen atoms in total. The molecule has 2 aromatic rings. The summed E-state index contributed by atoms with van der Waals surface area (Å²) in [6, 6.07) is 5.66. The maximum atomic E-state index is 8.93. The van der Waals surface area contributed by atoms with Gasteiger partial charge in [0.15, 0.2) is 5.82 Å². The molecule has 0 bridgehead atoms. The third kappa shape index (κ3) is 3.28. The fourth-order valence-electron chi connectivity index (χ4n) is 1.75. The van der Waals surface area contributed by atoms with Crippen LogP contribution in [-0.4, -0.2) is 28.6 Å². The van der Waals surface area contributed by atoms with Crippen molar-refractivity contribution in [3.05, 3.63) is 35.9 Å². The Bertz CT molecular complexity index is 611. The van der Waals surface area contributed by atoms with E-state index in [1.54, 1.807) is 19.4 Å². The van der Waals surface area contributed by atoms with Gasteiger partial charge in [-0.1, -0.05) is 0 Å². The van der Waals surface area contributed by atoms with E-state index in [1.165, 1.54) is 6.20 Å². The fraction of sp³-hybridized carbons (Fsp3) is 0.286. The summed E-state index contributed by atoms with van der Waals surface area (Å²) in [4.78, 5) is 12.8. The predicted octanol–water partition coefficient (Wildman–Crippen LogP) is 1.99. The van der Waals surface area contributed by atoms with Crippen molar-refractivity contribution in [2.45, 2.75) is 13.5 Å². The van der Waals surface area contributed by atoms with Crippen LogP contribution in [0.2, 0.25) is 0 Å². The van der Waals surface area contributed by atoms with Crippen LogP contribution in [0.5, 0.6) is 0 Å². The fourth-order valence-corrected chi connectivity index (χ4v) is 1.75. The molecule has 102 valence electrons. The first-order chi connectivity index (χ1) is 9.76. The van der Waals surface area contributed by atoms with Crippen LogP contribution in [0, 0.1) is 11.3 Å². The number of ether oxygens (including phenoxy) is 1. The maximum absolute atomic E-state index is 8.93. The lowest BCUT2D eigenvalue weighted by Gasteiger charge is -2.08. The standard InChI is InChI=1S/C14H15N5O/c1-3-17-13-5-12(18-14(19-13)9-20-2)11-4-10(6-15)7-16-8-11/h4-5,7-8H,3,9H2,1-2H3,(H,17,18,19). The molecule has 0 aliphatic heterocycles. The van der Waals surface area contributed by atoms with Gasteiger partial charge in [-0.2, -0.15) is 5.26 Å². The summed E-state index contributed by atoms with van der Waals surface area (Å²) in [5, 5.41) is 12.1. The van der Waals surface area contributed by atoms with E-state index in [-0.39, 0.29) is 0 Å². The third-order valence-electron chi connectivity index (χ3n) is 2.57. The molecule has 0 radical (unpaired) electrons. The first kappa shape index (κ1) is 13.9. The van der Waals surface area contributed by atoms with Crippen molar-refractivity contribution in [2.24, 2.45) is 0 Å². The van der Waals surface area contributed by atoms with E-state index in [9.17, 15) is 0 Å². The Balaban J connectivity index is 2.45. The Hall–Kier alpha value is -2.52. The van der Waals surface area contributed by atoms with Gasteiger partial charge in [0.05, 0.1) is 11.3 Å². The zero-order valence-corrected chi connectivity index (χ0v) is 11.4. The lowest BCUT2D eigenvalue weighted by molar-refractivity contribution is 0.178. The molecular weight excluding hydrogens is 254 g/mol. The van der Waals surface area contributed by atoms with E-state index < -0.39 is 0 Å². The molecule has 0 aliphatic rings. The second-order valence-electron chi connectivity index (χ2n) is 4.09. The molecular formula is C14H15N5O. The highest BCUT2D eigenvalue weighted by Gasteiger charge is 2.07. The molecule has 2 aromatic heterocycles. The van der Waals surface area contributed by atoms with E-state index in [0.717, 1.165) is 17.9 Å². The zero-order chi connectivity index (χ0) is 14.4. The number of hydrogen-bond donors (Lipinski definition) is 1. The number of nitriles is 1. The number of aromatic nitrogens is 3. The lowest BCUT2D eigenvalue weighted by Crippen LogP contribution is -2.05. The van der Waals surface area contributed by atoms with Gasteiger partial charge in [0.1, 0.15) is 18.5 Å². The Morgan fingerprint density at radius 1 is 1.30 bits per heavy atom. The zero-order valence-electron chi connectivity index (χ0n) is 11.4. The molecule has 0 fully saturated rings. The summed E-state index contributed by atoms with van der Waals surface area (Å²) < 4.78 is 5.08. The normalized spacial score (nSPS) is 10.1. The molecule has 0 saturated heterocycles. The summed E-state index contributed by atoms with van der Waals surface area (Å²) in [5.41, 5.74) is 2.00. The maximum Gasteiger partial charge on any atom is 0.157 e. The Labute approximate surface area is 117 Å². The molecule has 0 aromatic carbocycles. The van der Waals surface area contributed by atoms with Gasteiger partial charge in [0, 0.05) is 37.7 Å². The molecule has 0 saturated carbocycles. The van der Waals surface area contributed by atoms with Gasteiger partial charge in [0.25, 0.3) is 0 Å². The minimum atomic E-state index is 0.331. The molecule has 6 heteroatoms. The van der Waals surface area contributed by atoms with Gasteiger partial charge in [-0.25, -0.2) is 9.97 Å². The van der Waals surface area contributed by atoms with E-state index in [4.69, 9.17) is 10.00 Å². The highest BCUT2D eigenvalue weighted by atomic mass is 16.5.